The van der Waals surface area contributed by atoms with Crippen LogP contribution in [0.3, 0.4) is 0 Å². The first-order valence-electron chi connectivity index (χ1n) is 5.35. The maximum atomic E-state index is 11.0. The van der Waals surface area contributed by atoms with Gasteiger partial charge in [0.2, 0.25) is 0 Å². The number of anilines is 2. The maximum absolute atomic E-state index is 11.0. The molecule has 0 aliphatic heterocycles. The molecule has 2 heterocycles. The Morgan fingerprint density at radius 3 is 2.72 bits per heavy atom. The molecule has 2 rings (SSSR count). The lowest BCUT2D eigenvalue weighted by Gasteiger charge is -2.09. The lowest BCUT2D eigenvalue weighted by Crippen LogP contribution is -2.07. The third kappa shape index (κ3) is 3.08. The summed E-state index contributed by atoms with van der Waals surface area (Å²) in [5.41, 5.74) is 0.834. The number of H-pyrrole nitrogens is 1. The molecular weight excluding hydrogens is 318 g/mol. The molecule has 0 fully saturated rings. The van der Waals surface area contributed by atoms with E-state index in [0.29, 0.717) is 12.4 Å². The topological polar surface area (TPSA) is 82.7 Å². The van der Waals surface area contributed by atoms with E-state index < -0.39 is 0 Å². The van der Waals surface area contributed by atoms with E-state index in [-0.39, 0.29) is 4.87 Å². The van der Waals surface area contributed by atoms with Crippen molar-refractivity contribution in [3.8, 4) is 0 Å². The first-order valence-corrected chi connectivity index (χ1v) is 7.03. The van der Waals surface area contributed by atoms with Crippen LogP contribution in [0.4, 0.5) is 11.6 Å². The molecule has 0 saturated carbocycles. The second-order valence-corrected chi connectivity index (χ2v) is 5.08. The van der Waals surface area contributed by atoms with Crippen LogP contribution < -0.4 is 15.5 Å². The van der Waals surface area contributed by atoms with E-state index >= 15 is 0 Å². The predicted octanol–water partition coefficient (Wildman–Crippen LogP) is 2.03. The summed E-state index contributed by atoms with van der Waals surface area (Å²) in [5.74, 6) is 1.43. The van der Waals surface area contributed by atoms with Crippen molar-refractivity contribution in [2.24, 2.45) is 0 Å². The molecule has 96 valence electrons. The molecule has 2 aromatic rings. The fourth-order valence-electron chi connectivity index (χ4n) is 1.36. The number of aromatic nitrogens is 3. The number of hydrogen-bond acceptors (Lipinski definition) is 6. The zero-order valence-electron chi connectivity index (χ0n) is 9.66. The molecule has 18 heavy (non-hydrogen) atoms. The minimum Gasteiger partial charge on any atom is -0.369 e. The van der Waals surface area contributed by atoms with E-state index in [2.05, 4.69) is 41.5 Å². The van der Waals surface area contributed by atoms with Gasteiger partial charge in [-0.25, -0.2) is 9.97 Å². The van der Waals surface area contributed by atoms with Crippen molar-refractivity contribution in [3.05, 3.63) is 31.5 Å². The lowest BCUT2D eigenvalue weighted by atomic mass is 10.4. The van der Waals surface area contributed by atoms with Gasteiger partial charge in [-0.3, -0.25) is 4.79 Å². The van der Waals surface area contributed by atoms with Crippen LogP contribution >= 0.6 is 27.3 Å². The molecular formula is C10H12BrN5OS. The van der Waals surface area contributed by atoms with Gasteiger partial charge in [0, 0.05) is 17.6 Å². The maximum Gasteiger partial charge on any atom is 0.304 e. The van der Waals surface area contributed by atoms with Crippen LogP contribution in [0.25, 0.3) is 0 Å². The van der Waals surface area contributed by atoms with Gasteiger partial charge >= 0.3 is 4.87 Å². The smallest absolute Gasteiger partial charge is 0.304 e. The average Bonchev–Trinajstić information content (AvgIpc) is 2.77. The Morgan fingerprint density at radius 2 is 2.11 bits per heavy atom. The number of hydrogen-bond donors (Lipinski definition) is 3. The van der Waals surface area contributed by atoms with Crippen LogP contribution in [0.5, 0.6) is 0 Å². The van der Waals surface area contributed by atoms with E-state index in [1.54, 1.807) is 5.38 Å². The Balaban J connectivity index is 2.09. The highest BCUT2D eigenvalue weighted by Gasteiger charge is 2.07. The average molecular weight is 330 g/mol. The quantitative estimate of drug-likeness (QED) is 0.781. The molecule has 0 aliphatic rings. The molecule has 0 atom stereocenters. The van der Waals surface area contributed by atoms with E-state index in [4.69, 9.17) is 0 Å². The Morgan fingerprint density at radius 1 is 1.39 bits per heavy atom. The SMILES string of the molecule is CCNc1ncnc(NCc2csc(=O)[nH]2)c1Br. The number of rotatable bonds is 5. The normalized spacial score (nSPS) is 10.3. The summed E-state index contributed by atoms with van der Waals surface area (Å²) in [4.78, 5) is 21.9. The van der Waals surface area contributed by atoms with E-state index in [9.17, 15) is 4.79 Å². The molecule has 6 nitrogen and oxygen atoms in total. The van der Waals surface area contributed by atoms with Gasteiger partial charge in [0.25, 0.3) is 0 Å². The van der Waals surface area contributed by atoms with Gasteiger partial charge in [0.1, 0.15) is 22.4 Å². The summed E-state index contributed by atoms with van der Waals surface area (Å²) in [7, 11) is 0. The Labute approximate surface area is 116 Å². The number of aromatic amines is 1. The fraction of sp³-hybridized carbons (Fsp3) is 0.300. The first kappa shape index (κ1) is 13.0. The molecule has 0 amide bonds. The molecule has 0 aliphatic carbocycles. The van der Waals surface area contributed by atoms with Crippen molar-refractivity contribution in [2.45, 2.75) is 13.5 Å². The summed E-state index contributed by atoms with van der Waals surface area (Å²) < 4.78 is 0.782. The zero-order valence-corrected chi connectivity index (χ0v) is 12.1. The molecule has 0 saturated heterocycles. The molecule has 3 N–H and O–H groups in total. The lowest BCUT2D eigenvalue weighted by molar-refractivity contribution is 1.02. The highest BCUT2D eigenvalue weighted by atomic mass is 79.9. The molecule has 0 aromatic carbocycles. The minimum atomic E-state index is -0.0538. The van der Waals surface area contributed by atoms with Gasteiger partial charge in [-0.15, -0.1) is 0 Å². The summed E-state index contributed by atoms with van der Waals surface area (Å²) in [5, 5.41) is 8.05. The second kappa shape index (κ2) is 5.96. The van der Waals surface area contributed by atoms with E-state index in [1.165, 1.54) is 6.33 Å². The van der Waals surface area contributed by atoms with Gasteiger partial charge in [-0.1, -0.05) is 11.3 Å². The van der Waals surface area contributed by atoms with E-state index in [1.807, 2.05) is 6.92 Å². The van der Waals surface area contributed by atoms with Gasteiger partial charge < -0.3 is 15.6 Å². The molecule has 2 aromatic heterocycles. The van der Waals surface area contributed by atoms with Crippen molar-refractivity contribution in [3.63, 3.8) is 0 Å². The number of nitrogens with one attached hydrogen (secondary N) is 3. The highest BCUT2D eigenvalue weighted by molar-refractivity contribution is 9.10. The van der Waals surface area contributed by atoms with Gasteiger partial charge in [0.05, 0.1) is 6.54 Å². The van der Waals surface area contributed by atoms with Crippen LogP contribution in [-0.4, -0.2) is 21.5 Å². The second-order valence-electron chi connectivity index (χ2n) is 3.44. The highest BCUT2D eigenvalue weighted by Crippen LogP contribution is 2.26. The van der Waals surface area contributed by atoms with Crippen LogP contribution in [0.2, 0.25) is 0 Å². The number of nitrogens with zero attached hydrogens (tertiary/aromatic N) is 2. The van der Waals surface area contributed by atoms with Crippen molar-refractivity contribution < 1.29 is 0 Å². The van der Waals surface area contributed by atoms with Crippen molar-refractivity contribution in [1.82, 2.24) is 15.0 Å². The Kier molecular flexibility index (Phi) is 4.32. The summed E-state index contributed by atoms with van der Waals surface area (Å²) in [6.07, 6.45) is 1.49. The molecule has 0 spiro atoms. The van der Waals surface area contributed by atoms with Crippen molar-refractivity contribution in [2.75, 3.05) is 17.2 Å². The third-order valence-corrected chi connectivity index (χ3v) is 3.62. The van der Waals surface area contributed by atoms with E-state index in [0.717, 1.165) is 33.9 Å². The predicted molar refractivity (Wildman–Crippen MR) is 76.2 cm³/mol. The zero-order chi connectivity index (χ0) is 13.0. The molecule has 8 heteroatoms. The van der Waals surface area contributed by atoms with Crippen LogP contribution in [0, 0.1) is 0 Å². The molecule has 0 radical (unpaired) electrons. The largest absolute Gasteiger partial charge is 0.369 e. The van der Waals surface area contributed by atoms with Gasteiger partial charge in [0.15, 0.2) is 0 Å². The van der Waals surface area contributed by atoms with Crippen LogP contribution in [-0.2, 0) is 6.54 Å². The summed E-state index contributed by atoms with van der Waals surface area (Å²) in [6, 6.07) is 0. The summed E-state index contributed by atoms with van der Waals surface area (Å²) in [6.45, 7) is 3.30. The fourth-order valence-corrected chi connectivity index (χ4v) is 2.43. The Bertz CT molecular complexity index is 582. The molecule has 0 unspecified atom stereocenters. The third-order valence-electron chi connectivity index (χ3n) is 2.15. The minimum absolute atomic E-state index is 0.0538. The number of halogens is 1. The van der Waals surface area contributed by atoms with Crippen molar-refractivity contribution >= 4 is 38.9 Å². The van der Waals surface area contributed by atoms with Crippen LogP contribution in [0.15, 0.2) is 21.0 Å². The standard InChI is InChI=1S/C10H12BrN5OS/c1-2-12-8-7(11)9(15-5-14-8)13-3-6-4-18-10(17)16-6/h4-5H,2-3H2,1H3,(H,16,17)(H2,12,13,14,15). The summed E-state index contributed by atoms with van der Waals surface area (Å²) >= 11 is 4.59. The van der Waals surface area contributed by atoms with Crippen molar-refractivity contribution in [1.29, 1.82) is 0 Å². The number of thiazole rings is 1. The van der Waals surface area contributed by atoms with Gasteiger partial charge in [-0.2, -0.15) is 0 Å². The Hall–Kier alpha value is -1.41. The molecule has 0 bridgehead atoms. The monoisotopic (exact) mass is 329 g/mol. The van der Waals surface area contributed by atoms with Crippen LogP contribution in [0.1, 0.15) is 12.6 Å². The van der Waals surface area contributed by atoms with Gasteiger partial charge in [-0.05, 0) is 22.9 Å². The first-order chi connectivity index (χ1) is 8.70.